The number of anilines is 1. The van der Waals surface area contributed by atoms with Gasteiger partial charge in [0.2, 0.25) is 5.91 Å². The SMILES string of the molecule is CCCC(CCN)CCC(=O)Nc1cccc(Br)c1O. The fourth-order valence-corrected chi connectivity index (χ4v) is 2.61. The maximum Gasteiger partial charge on any atom is 0.224 e. The molecule has 0 saturated heterocycles. The number of hydrogen-bond acceptors (Lipinski definition) is 3. The number of benzene rings is 1. The van der Waals surface area contributed by atoms with E-state index in [0.717, 1.165) is 25.7 Å². The molecule has 112 valence electrons. The third-order valence-corrected chi connectivity index (χ3v) is 3.95. The monoisotopic (exact) mass is 342 g/mol. The predicted molar refractivity (Wildman–Crippen MR) is 85.7 cm³/mol. The Labute approximate surface area is 128 Å². The van der Waals surface area contributed by atoms with Gasteiger partial charge in [-0.25, -0.2) is 0 Å². The van der Waals surface area contributed by atoms with E-state index in [4.69, 9.17) is 5.73 Å². The molecule has 1 aromatic carbocycles. The van der Waals surface area contributed by atoms with Crippen LogP contribution in [0.4, 0.5) is 5.69 Å². The molecule has 0 saturated carbocycles. The molecular formula is C15H23BrN2O2. The zero-order valence-corrected chi connectivity index (χ0v) is 13.4. The summed E-state index contributed by atoms with van der Waals surface area (Å²) < 4.78 is 0.572. The molecule has 4 nitrogen and oxygen atoms in total. The van der Waals surface area contributed by atoms with E-state index in [-0.39, 0.29) is 11.7 Å². The van der Waals surface area contributed by atoms with Gasteiger partial charge in [0, 0.05) is 6.42 Å². The van der Waals surface area contributed by atoms with Gasteiger partial charge >= 0.3 is 0 Å². The van der Waals surface area contributed by atoms with E-state index in [0.29, 0.717) is 29.0 Å². The number of nitrogens with one attached hydrogen (secondary N) is 1. The minimum Gasteiger partial charge on any atom is -0.505 e. The highest BCUT2D eigenvalue weighted by Gasteiger charge is 2.12. The number of amides is 1. The summed E-state index contributed by atoms with van der Waals surface area (Å²) in [5, 5.41) is 12.6. The number of carbonyl (C=O) groups is 1. The quantitative estimate of drug-likeness (QED) is 0.631. The molecule has 0 spiro atoms. The summed E-state index contributed by atoms with van der Waals surface area (Å²) >= 11 is 3.22. The number of phenols is 1. The van der Waals surface area contributed by atoms with Crippen molar-refractivity contribution >= 4 is 27.5 Å². The predicted octanol–water partition coefficient (Wildman–Crippen LogP) is 3.64. The Hall–Kier alpha value is -1.07. The van der Waals surface area contributed by atoms with Crippen molar-refractivity contribution in [3.8, 4) is 5.75 Å². The van der Waals surface area contributed by atoms with Gasteiger partial charge in [0.15, 0.2) is 5.75 Å². The lowest BCUT2D eigenvalue weighted by atomic mass is 9.94. The molecule has 0 fully saturated rings. The highest BCUT2D eigenvalue weighted by molar-refractivity contribution is 9.10. The summed E-state index contributed by atoms with van der Waals surface area (Å²) in [6.07, 6.45) is 4.47. The number of aromatic hydroxyl groups is 1. The van der Waals surface area contributed by atoms with Crippen molar-refractivity contribution < 1.29 is 9.90 Å². The molecular weight excluding hydrogens is 320 g/mol. The molecule has 0 aliphatic heterocycles. The number of nitrogens with two attached hydrogens (primary N) is 1. The number of hydrogen-bond donors (Lipinski definition) is 3. The smallest absolute Gasteiger partial charge is 0.224 e. The summed E-state index contributed by atoms with van der Waals surface area (Å²) in [6.45, 7) is 2.81. The van der Waals surface area contributed by atoms with Crippen molar-refractivity contribution in [2.75, 3.05) is 11.9 Å². The van der Waals surface area contributed by atoms with Gasteiger partial charge < -0.3 is 16.2 Å². The van der Waals surface area contributed by atoms with Crippen LogP contribution >= 0.6 is 15.9 Å². The number of rotatable bonds is 8. The highest BCUT2D eigenvalue weighted by atomic mass is 79.9. The van der Waals surface area contributed by atoms with Gasteiger partial charge in [0.1, 0.15) is 0 Å². The topological polar surface area (TPSA) is 75.4 Å². The van der Waals surface area contributed by atoms with E-state index in [9.17, 15) is 9.90 Å². The van der Waals surface area contributed by atoms with Crippen LogP contribution < -0.4 is 11.1 Å². The second kappa shape index (κ2) is 8.97. The van der Waals surface area contributed by atoms with Crippen LogP contribution in [-0.2, 0) is 4.79 Å². The Balaban J connectivity index is 2.48. The largest absolute Gasteiger partial charge is 0.505 e. The van der Waals surface area contributed by atoms with Gasteiger partial charge in [-0.15, -0.1) is 0 Å². The fourth-order valence-electron chi connectivity index (χ4n) is 2.24. The first-order valence-electron chi connectivity index (χ1n) is 7.05. The Bertz CT molecular complexity index is 432. The van der Waals surface area contributed by atoms with Crippen molar-refractivity contribution in [2.24, 2.45) is 11.7 Å². The molecule has 0 radical (unpaired) electrons. The van der Waals surface area contributed by atoms with E-state index < -0.39 is 0 Å². The highest BCUT2D eigenvalue weighted by Crippen LogP contribution is 2.31. The molecule has 0 aromatic heterocycles. The van der Waals surface area contributed by atoms with Crippen LogP contribution in [0.15, 0.2) is 22.7 Å². The van der Waals surface area contributed by atoms with Gasteiger partial charge in [-0.2, -0.15) is 0 Å². The molecule has 1 amide bonds. The van der Waals surface area contributed by atoms with Crippen LogP contribution in [0.3, 0.4) is 0 Å². The lowest BCUT2D eigenvalue weighted by molar-refractivity contribution is -0.116. The van der Waals surface area contributed by atoms with Crippen LogP contribution in [0.2, 0.25) is 0 Å². The van der Waals surface area contributed by atoms with Crippen molar-refractivity contribution in [1.82, 2.24) is 0 Å². The van der Waals surface area contributed by atoms with Crippen molar-refractivity contribution in [1.29, 1.82) is 0 Å². The molecule has 1 unspecified atom stereocenters. The van der Waals surface area contributed by atoms with Gasteiger partial charge in [-0.3, -0.25) is 4.79 Å². The third kappa shape index (κ3) is 5.51. The first kappa shape index (κ1) is 17.0. The standard InChI is InChI=1S/C15H23BrN2O2/c1-2-4-11(9-10-17)7-8-14(19)18-13-6-3-5-12(16)15(13)20/h3,5-6,11,20H,2,4,7-10,17H2,1H3,(H,18,19). The van der Waals surface area contributed by atoms with Gasteiger partial charge in [0.25, 0.3) is 0 Å². The molecule has 0 aliphatic carbocycles. The van der Waals surface area contributed by atoms with Crippen molar-refractivity contribution in [3.63, 3.8) is 0 Å². The molecule has 5 heteroatoms. The van der Waals surface area contributed by atoms with Crippen molar-refractivity contribution in [3.05, 3.63) is 22.7 Å². The maximum absolute atomic E-state index is 11.9. The first-order valence-corrected chi connectivity index (χ1v) is 7.85. The Morgan fingerprint density at radius 1 is 1.40 bits per heavy atom. The average molecular weight is 343 g/mol. The third-order valence-electron chi connectivity index (χ3n) is 3.31. The second-order valence-corrected chi connectivity index (χ2v) is 5.81. The number of carbonyl (C=O) groups excluding carboxylic acids is 1. The van der Waals surface area contributed by atoms with Crippen LogP contribution in [0.25, 0.3) is 0 Å². The number of halogens is 1. The van der Waals surface area contributed by atoms with E-state index in [2.05, 4.69) is 28.2 Å². The van der Waals surface area contributed by atoms with E-state index in [1.807, 2.05) is 0 Å². The Morgan fingerprint density at radius 2 is 2.15 bits per heavy atom. The molecule has 1 rings (SSSR count). The van der Waals surface area contributed by atoms with Gasteiger partial charge in [-0.05, 0) is 53.4 Å². The molecule has 4 N–H and O–H groups in total. The lowest BCUT2D eigenvalue weighted by Gasteiger charge is -2.15. The van der Waals surface area contributed by atoms with Crippen LogP contribution in [0.1, 0.15) is 39.0 Å². The van der Waals surface area contributed by atoms with Gasteiger partial charge in [0.05, 0.1) is 10.2 Å². The molecule has 1 aromatic rings. The second-order valence-electron chi connectivity index (χ2n) is 4.95. The minimum absolute atomic E-state index is 0.0629. The van der Waals surface area contributed by atoms with E-state index in [1.54, 1.807) is 18.2 Å². The van der Waals surface area contributed by atoms with Crippen LogP contribution in [-0.4, -0.2) is 17.6 Å². The van der Waals surface area contributed by atoms with E-state index >= 15 is 0 Å². The minimum atomic E-state index is -0.0727. The fraction of sp³-hybridized carbons (Fsp3) is 0.533. The average Bonchev–Trinajstić information content (AvgIpc) is 2.42. The maximum atomic E-state index is 11.9. The van der Waals surface area contributed by atoms with E-state index in [1.165, 1.54) is 0 Å². The number of para-hydroxylation sites is 1. The summed E-state index contributed by atoms with van der Waals surface area (Å²) in [7, 11) is 0. The Morgan fingerprint density at radius 3 is 2.80 bits per heavy atom. The number of phenolic OH excluding ortho intramolecular Hbond substituents is 1. The molecule has 0 bridgehead atoms. The van der Waals surface area contributed by atoms with Crippen LogP contribution in [0, 0.1) is 5.92 Å². The first-order chi connectivity index (χ1) is 9.58. The zero-order chi connectivity index (χ0) is 15.0. The van der Waals surface area contributed by atoms with Crippen molar-refractivity contribution in [2.45, 2.75) is 39.0 Å². The molecule has 20 heavy (non-hydrogen) atoms. The summed E-state index contributed by atoms with van der Waals surface area (Å²) in [6, 6.07) is 5.18. The lowest BCUT2D eigenvalue weighted by Crippen LogP contribution is -2.15. The normalized spacial score (nSPS) is 12.2. The molecule has 0 aliphatic rings. The van der Waals surface area contributed by atoms with Gasteiger partial charge in [-0.1, -0.05) is 25.8 Å². The zero-order valence-electron chi connectivity index (χ0n) is 11.9. The Kier molecular flexibility index (Phi) is 7.62. The summed E-state index contributed by atoms with van der Waals surface area (Å²) in [5.74, 6) is 0.497. The summed E-state index contributed by atoms with van der Waals surface area (Å²) in [4.78, 5) is 11.9. The molecule has 1 atom stereocenters. The molecule has 0 heterocycles. The summed E-state index contributed by atoms with van der Waals surface area (Å²) in [5.41, 5.74) is 6.03. The van der Waals surface area contributed by atoms with Crippen LogP contribution in [0.5, 0.6) is 5.75 Å².